The van der Waals surface area contributed by atoms with Crippen molar-refractivity contribution < 1.29 is 0 Å². The highest BCUT2D eigenvalue weighted by Gasteiger charge is 2.31. The zero-order chi connectivity index (χ0) is 41.4. The van der Waals surface area contributed by atoms with Gasteiger partial charge in [0.15, 0.2) is 0 Å². The van der Waals surface area contributed by atoms with Gasteiger partial charge < -0.3 is 14.0 Å². The Morgan fingerprint density at radius 3 is 1.78 bits per heavy atom. The highest BCUT2D eigenvalue weighted by Crippen LogP contribution is 2.54. The van der Waals surface area contributed by atoms with Gasteiger partial charge in [-0.2, -0.15) is 0 Å². The Bertz CT molecular complexity index is 3750. The molecule has 294 valence electrons. The molecule has 0 atom stereocenters. The standard InChI is InChI=1S/C59H38N4/c1-3-16-39(17-4-1)41-31-30-40-32-34-51(60-52(40)37-41)42-18-15-21-44(36-42)62-54-27-12-8-23-47(54)58-48-24-9-13-28-55(48)63(59(58)49-25-10-14-29-56(49)62)45-33-35-57-50(38-45)46-22-7-11-26-53(46)61(57)43-19-5-2-6-20-43/h1-38H. The highest BCUT2D eigenvalue weighted by atomic mass is 15.2. The van der Waals surface area contributed by atoms with Crippen molar-refractivity contribution in [2.24, 2.45) is 0 Å². The van der Waals surface area contributed by atoms with E-state index in [0.717, 1.165) is 61.7 Å². The second kappa shape index (κ2) is 14.1. The number of nitrogens with zero attached hydrogens (tertiary/aromatic N) is 4. The molecule has 9 aromatic carbocycles. The van der Waals surface area contributed by atoms with Crippen LogP contribution in [0, 0.1) is 0 Å². The smallest absolute Gasteiger partial charge is 0.0715 e. The van der Waals surface area contributed by atoms with Gasteiger partial charge in [0.05, 0.1) is 44.8 Å². The lowest BCUT2D eigenvalue weighted by molar-refractivity contribution is 1.13. The summed E-state index contributed by atoms with van der Waals surface area (Å²) in [7, 11) is 0. The van der Waals surface area contributed by atoms with E-state index in [1.165, 1.54) is 55.1 Å². The number of para-hydroxylation sites is 5. The van der Waals surface area contributed by atoms with Crippen LogP contribution < -0.4 is 4.90 Å². The van der Waals surface area contributed by atoms with Crippen molar-refractivity contribution >= 4 is 60.7 Å². The number of fused-ring (bicyclic) bond motifs is 11. The van der Waals surface area contributed by atoms with Crippen molar-refractivity contribution in [1.82, 2.24) is 14.1 Å². The zero-order valence-electron chi connectivity index (χ0n) is 34.2. The number of rotatable bonds is 5. The van der Waals surface area contributed by atoms with Gasteiger partial charge in [-0.25, -0.2) is 4.98 Å². The quantitative estimate of drug-likeness (QED) is 0.173. The molecule has 0 fully saturated rings. The van der Waals surface area contributed by atoms with Crippen LogP contribution in [0.4, 0.5) is 17.1 Å². The molecule has 0 radical (unpaired) electrons. The van der Waals surface area contributed by atoms with Gasteiger partial charge in [-0.15, -0.1) is 0 Å². The Morgan fingerprint density at radius 1 is 0.333 bits per heavy atom. The van der Waals surface area contributed by atoms with Crippen molar-refractivity contribution in [2.75, 3.05) is 4.90 Å². The maximum absolute atomic E-state index is 5.26. The maximum atomic E-state index is 5.26. The zero-order valence-corrected chi connectivity index (χ0v) is 34.2. The molecule has 0 spiro atoms. The van der Waals surface area contributed by atoms with Gasteiger partial charge >= 0.3 is 0 Å². The van der Waals surface area contributed by atoms with Crippen LogP contribution in [0.25, 0.3) is 99.8 Å². The molecular formula is C59H38N4. The third-order valence-electron chi connectivity index (χ3n) is 12.8. The molecule has 4 heteroatoms. The molecule has 0 unspecified atom stereocenters. The molecule has 12 aromatic rings. The van der Waals surface area contributed by atoms with Gasteiger partial charge in [-0.3, -0.25) is 0 Å². The molecule has 0 aliphatic carbocycles. The third-order valence-corrected chi connectivity index (χ3v) is 12.8. The second-order valence-corrected chi connectivity index (χ2v) is 16.4. The predicted molar refractivity (Wildman–Crippen MR) is 263 cm³/mol. The molecule has 1 aliphatic rings. The fourth-order valence-electron chi connectivity index (χ4n) is 10.0. The van der Waals surface area contributed by atoms with E-state index in [0.29, 0.717) is 0 Å². The number of hydrogen-bond acceptors (Lipinski definition) is 2. The number of hydrogen-bond donors (Lipinski definition) is 0. The minimum atomic E-state index is 0.940. The normalized spacial score (nSPS) is 12.1. The van der Waals surface area contributed by atoms with Crippen molar-refractivity contribution in [3.63, 3.8) is 0 Å². The number of pyridine rings is 1. The van der Waals surface area contributed by atoms with Crippen LogP contribution in [-0.2, 0) is 0 Å². The lowest BCUT2D eigenvalue weighted by Gasteiger charge is -2.28. The van der Waals surface area contributed by atoms with E-state index in [-0.39, 0.29) is 0 Å². The van der Waals surface area contributed by atoms with Crippen LogP contribution in [0.5, 0.6) is 0 Å². The van der Waals surface area contributed by atoms with E-state index < -0.39 is 0 Å². The summed E-state index contributed by atoms with van der Waals surface area (Å²) in [5.74, 6) is 0. The van der Waals surface area contributed by atoms with Gasteiger partial charge in [-0.05, 0) is 90.0 Å². The van der Waals surface area contributed by atoms with Crippen LogP contribution >= 0.6 is 0 Å². The van der Waals surface area contributed by atoms with E-state index in [1.54, 1.807) is 0 Å². The summed E-state index contributed by atoms with van der Waals surface area (Å²) < 4.78 is 4.88. The summed E-state index contributed by atoms with van der Waals surface area (Å²) in [6.07, 6.45) is 0. The molecule has 3 aromatic heterocycles. The van der Waals surface area contributed by atoms with Gasteiger partial charge in [0.25, 0.3) is 0 Å². The first-order valence-electron chi connectivity index (χ1n) is 21.5. The predicted octanol–water partition coefficient (Wildman–Crippen LogP) is 15.7. The summed E-state index contributed by atoms with van der Waals surface area (Å²) in [6.45, 7) is 0. The molecule has 0 saturated carbocycles. The molecule has 4 heterocycles. The number of benzene rings is 9. The maximum Gasteiger partial charge on any atom is 0.0715 e. The van der Waals surface area contributed by atoms with Crippen LogP contribution in [0.3, 0.4) is 0 Å². The summed E-state index contributed by atoms with van der Waals surface area (Å²) in [5, 5.41) is 4.79. The second-order valence-electron chi connectivity index (χ2n) is 16.4. The first-order chi connectivity index (χ1) is 31.3. The van der Waals surface area contributed by atoms with Crippen LogP contribution in [0.1, 0.15) is 0 Å². The highest BCUT2D eigenvalue weighted by molar-refractivity contribution is 6.14. The molecule has 0 saturated heterocycles. The van der Waals surface area contributed by atoms with E-state index >= 15 is 0 Å². The average Bonchev–Trinajstić information content (AvgIpc) is 3.83. The Balaban J connectivity index is 1.01. The average molecular weight is 803 g/mol. The fraction of sp³-hybridized carbons (Fsp3) is 0. The lowest BCUT2D eigenvalue weighted by atomic mass is 9.98. The molecule has 1 aliphatic heterocycles. The molecular weight excluding hydrogens is 765 g/mol. The minimum absolute atomic E-state index is 0.940. The summed E-state index contributed by atoms with van der Waals surface area (Å²) >= 11 is 0. The number of aromatic nitrogens is 3. The van der Waals surface area contributed by atoms with Gasteiger partial charge in [0, 0.05) is 60.9 Å². The van der Waals surface area contributed by atoms with Crippen LogP contribution in [0.15, 0.2) is 231 Å². The molecule has 4 nitrogen and oxygen atoms in total. The fourth-order valence-corrected chi connectivity index (χ4v) is 10.0. The SMILES string of the molecule is c1ccc(-c2ccc3ccc(-c4cccc(N5c6ccccc6-c6c(n(-c7ccc8c(c7)c7ccccc7n8-c7ccccc7)c7ccccc67)-c6ccccc65)c4)nc3c2)cc1. The molecule has 0 N–H and O–H groups in total. The largest absolute Gasteiger partial charge is 0.309 e. The Labute approximate surface area is 364 Å². The van der Waals surface area contributed by atoms with Crippen molar-refractivity contribution in [3.05, 3.63) is 231 Å². The van der Waals surface area contributed by atoms with Gasteiger partial charge in [0.2, 0.25) is 0 Å². The van der Waals surface area contributed by atoms with Gasteiger partial charge in [0.1, 0.15) is 0 Å². The van der Waals surface area contributed by atoms with Crippen LogP contribution in [0.2, 0.25) is 0 Å². The van der Waals surface area contributed by atoms with Gasteiger partial charge in [-0.1, -0.05) is 152 Å². The van der Waals surface area contributed by atoms with Crippen molar-refractivity contribution in [3.8, 4) is 56.1 Å². The molecule has 0 bridgehead atoms. The topological polar surface area (TPSA) is 26.0 Å². The van der Waals surface area contributed by atoms with E-state index in [4.69, 9.17) is 4.98 Å². The Hall–Kier alpha value is -8.47. The summed E-state index contributed by atoms with van der Waals surface area (Å²) in [6, 6.07) is 83.4. The lowest BCUT2D eigenvalue weighted by Crippen LogP contribution is -2.11. The molecule has 63 heavy (non-hydrogen) atoms. The number of anilines is 3. The van der Waals surface area contributed by atoms with Crippen molar-refractivity contribution in [1.29, 1.82) is 0 Å². The third kappa shape index (κ3) is 5.52. The van der Waals surface area contributed by atoms with Crippen LogP contribution in [-0.4, -0.2) is 14.1 Å². The summed E-state index contributed by atoms with van der Waals surface area (Å²) in [4.78, 5) is 7.71. The molecule has 0 amide bonds. The first-order valence-corrected chi connectivity index (χ1v) is 21.5. The molecule has 13 rings (SSSR count). The first kappa shape index (κ1) is 35.3. The Kier molecular flexibility index (Phi) is 7.87. The van der Waals surface area contributed by atoms with E-state index in [2.05, 4.69) is 245 Å². The monoisotopic (exact) mass is 802 g/mol. The van der Waals surface area contributed by atoms with Crippen molar-refractivity contribution in [2.45, 2.75) is 0 Å². The summed E-state index contributed by atoms with van der Waals surface area (Å²) in [5.41, 5.74) is 19.2. The van der Waals surface area contributed by atoms with E-state index in [9.17, 15) is 0 Å². The minimum Gasteiger partial charge on any atom is -0.309 e. The van der Waals surface area contributed by atoms with E-state index in [1.807, 2.05) is 0 Å². The Morgan fingerprint density at radius 2 is 0.952 bits per heavy atom.